The van der Waals surface area contributed by atoms with E-state index in [0.29, 0.717) is 5.56 Å². The minimum atomic E-state index is -1.14. The molecule has 0 aliphatic heterocycles. The van der Waals surface area contributed by atoms with Gasteiger partial charge in [-0.05, 0) is 36.4 Å². The van der Waals surface area contributed by atoms with Crippen LogP contribution in [0.4, 0.5) is 14.5 Å². The summed E-state index contributed by atoms with van der Waals surface area (Å²) < 4.78 is 25.9. The van der Waals surface area contributed by atoms with Gasteiger partial charge in [0.25, 0.3) is 11.8 Å². The summed E-state index contributed by atoms with van der Waals surface area (Å²) in [6.45, 7) is 0. The predicted octanol–water partition coefficient (Wildman–Crippen LogP) is 2.11. The first-order valence-corrected chi connectivity index (χ1v) is 6.71. The Kier molecular flexibility index (Phi) is 4.90. The van der Waals surface area contributed by atoms with Crippen LogP contribution >= 0.6 is 0 Å². The minimum absolute atomic E-state index is 0.105. The number of amides is 2. The minimum Gasteiger partial charge on any atom is -0.378 e. The van der Waals surface area contributed by atoms with Crippen molar-refractivity contribution in [2.24, 2.45) is 0 Å². The SMILES string of the molecule is CN(C)c1cccc(C(=O)NNC(=O)c2ccc(F)c(F)c2)c1. The van der Waals surface area contributed by atoms with Crippen molar-refractivity contribution in [2.45, 2.75) is 0 Å². The van der Waals surface area contributed by atoms with Crippen LogP contribution in [0.1, 0.15) is 20.7 Å². The van der Waals surface area contributed by atoms with Crippen LogP contribution in [0.5, 0.6) is 0 Å². The third kappa shape index (κ3) is 4.03. The lowest BCUT2D eigenvalue weighted by molar-refractivity contribution is 0.0846. The molecule has 2 aromatic carbocycles. The largest absolute Gasteiger partial charge is 0.378 e. The fraction of sp³-hybridized carbons (Fsp3) is 0.125. The molecule has 0 radical (unpaired) electrons. The van der Waals surface area contributed by atoms with E-state index in [2.05, 4.69) is 10.9 Å². The maximum absolute atomic E-state index is 13.1. The highest BCUT2D eigenvalue weighted by Gasteiger charge is 2.12. The molecule has 2 amide bonds. The van der Waals surface area contributed by atoms with Crippen molar-refractivity contribution in [2.75, 3.05) is 19.0 Å². The number of carbonyl (C=O) groups is 2. The number of nitrogens with one attached hydrogen (secondary N) is 2. The Morgan fingerprint density at radius 2 is 1.48 bits per heavy atom. The average molecular weight is 319 g/mol. The molecule has 0 aromatic heterocycles. The molecular formula is C16H15F2N3O2. The monoisotopic (exact) mass is 319 g/mol. The Hall–Kier alpha value is -2.96. The number of anilines is 1. The second-order valence-corrected chi connectivity index (χ2v) is 4.98. The zero-order valence-electron chi connectivity index (χ0n) is 12.6. The molecule has 120 valence electrons. The molecule has 2 aromatic rings. The standard InChI is InChI=1S/C16H15F2N3O2/c1-21(2)12-5-3-4-10(8-12)15(22)19-20-16(23)11-6-7-13(17)14(18)9-11/h3-9H,1-2H3,(H,19,22)(H,20,23). The van der Waals surface area contributed by atoms with E-state index in [1.165, 1.54) is 0 Å². The summed E-state index contributed by atoms with van der Waals surface area (Å²) in [5.74, 6) is -3.46. The molecule has 0 heterocycles. The van der Waals surface area contributed by atoms with Crippen molar-refractivity contribution < 1.29 is 18.4 Å². The summed E-state index contributed by atoms with van der Waals surface area (Å²) >= 11 is 0. The van der Waals surface area contributed by atoms with Gasteiger partial charge in [-0.3, -0.25) is 20.4 Å². The van der Waals surface area contributed by atoms with E-state index in [0.717, 1.165) is 23.9 Å². The van der Waals surface area contributed by atoms with E-state index in [4.69, 9.17) is 0 Å². The van der Waals surface area contributed by atoms with E-state index in [1.807, 2.05) is 25.1 Å². The molecule has 0 spiro atoms. The van der Waals surface area contributed by atoms with Gasteiger partial charge < -0.3 is 4.90 Å². The van der Waals surface area contributed by atoms with Gasteiger partial charge >= 0.3 is 0 Å². The molecule has 0 bridgehead atoms. The highest BCUT2D eigenvalue weighted by atomic mass is 19.2. The molecule has 0 saturated carbocycles. The van der Waals surface area contributed by atoms with Crippen LogP contribution in [0.15, 0.2) is 42.5 Å². The topological polar surface area (TPSA) is 61.4 Å². The van der Waals surface area contributed by atoms with Crippen LogP contribution < -0.4 is 15.8 Å². The molecular weight excluding hydrogens is 304 g/mol. The summed E-state index contributed by atoms with van der Waals surface area (Å²) in [6.07, 6.45) is 0. The second-order valence-electron chi connectivity index (χ2n) is 4.98. The van der Waals surface area contributed by atoms with Gasteiger partial charge in [0.05, 0.1) is 0 Å². The third-order valence-electron chi connectivity index (χ3n) is 3.10. The van der Waals surface area contributed by atoms with Crippen molar-refractivity contribution >= 4 is 17.5 Å². The van der Waals surface area contributed by atoms with Gasteiger partial charge in [0.15, 0.2) is 11.6 Å². The maximum Gasteiger partial charge on any atom is 0.269 e. The molecule has 0 fully saturated rings. The van der Waals surface area contributed by atoms with Crippen LogP contribution in [0.2, 0.25) is 0 Å². The zero-order chi connectivity index (χ0) is 17.0. The van der Waals surface area contributed by atoms with Crippen LogP contribution in [0.25, 0.3) is 0 Å². The smallest absolute Gasteiger partial charge is 0.269 e. The van der Waals surface area contributed by atoms with Crippen molar-refractivity contribution in [3.8, 4) is 0 Å². The van der Waals surface area contributed by atoms with Crippen molar-refractivity contribution in [3.05, 3.63) is 65.2 Å². The number of rotatable bonds is 3. The predicted molar refractivity (Wildman–Crippen MR) is 82.1 cm³/mol. The van der Waals surface area contributed by atoms with Crippen LogP contribution in [0.3, 0.4) is 0 Å². The molecule has 2 rings (SSSR count). The molecule has 2 N–H and O–H groups in total. The number of hydrazine groups is 1. The lowest BCUT2D eigenvalue weighted by Gasteiger charge is -2.13. The molecule has 7 heteroatoms. The number of nitrogens with zero attached hydrogens (tertiary/aromatic N) is 1. The molecule has 23 heavy (non-hydrogen) atoms. The number of benzene rings is 2. The van der Waals surface area contributed by atoms with Gasteiger partial charge in [0, 0.05) is 30.9 Å². The van der Waals surface area contributed by atoms with Gasteiger partial charge in [0.1, 0.15) is 0 Å². The summed E-state index contributed by atoms with van der Waals surface area (Å²) in [6, 6.07) is 9.49. The summed E-state index contributed by atoms with van der Waals surface area (Å²) in [5.41, 5.74) is 5.44. The second kappa shape index (κ2) is 6.87. The number of halogens is 2. The highest BCUT2D eigenvalue weighted by molar-refractivity contribution is 5.99. The lowest BCUT2D eigenvalue weighted by atomic mass is 10.2. The van der Waals surface area contributed by atoms with Gasteiger partial charge in [-0.25, -0.2) is 8.78 Å². The van der Waals surface area contributed by atoms with Crippen molar-refractivity contribution in [3.63, 3.8) is 0 Å². The summed E-state index contributed by atoms with van der Waals surface area (Å²) in [5, 5.41) is 0. The van der Waals surface area contributed by atoms with Gasteiger partial charge in [-0.1, -0.05) is 6.07 Å². The molecule has 0 atom stereocenters. The molecule has 5 nitrogen and oxygen atoms in total. The Bertz CT molecular complexity index is 748. The van der Waals surface area contributed by atoms with E-state index in [9.17, 15) is 18.4 Å². The van der Waals surface area contributed by atoms with E-state index in [-0.39, 0.29) is 5.56 Å². The van der Waals surface area contributed by atoms with Crippen LogP contribution in [0, 0.1) is 11.6 Å². The van der Waals surface area contributed by atoms with E-state index >= 15 is 0 Å². The van der Waals surface area contributed by atoms with E-state index < -0.39 is 23.4 Å². The fourth-order valence-electron chi connectivity index (χ4n) is 1.82. The van der Waals surface area contributed by atoms with Crippen LogP contribution in [-0.2, 0) is 0 Å². The van der Waals surface area contributed by atoms with E-state index in [1.54, 1.807) is 18.2 Å². The molecule has 0 saturated heterocycles. The first kappa shape index (κ1) is 16.4. The molecule has 0 aliphatic carbocycles. The quantitative estimate of drug-likeness (QED) is 0.852. The third-order valence-corrected chi connectivity index (χ3v) is 3.10. The van der Waals surface area contributed by atoms with Crippen LogP contribution in [-0.4, -0.2) is 25.9 Å². The Balaban J connectivity index is 2.02. The van der Waals surface area contributed by atoms with Gasteiger partial charge in [-0.2, -0.15) is 0 Å². The average Bonchev–Trinajstić information content (AvgIpc) is 2.54. The number of hydrogen-bond acceptors (Lipinski definition) is 3. The van der Waals surface area contributed by atoms with Crippen molar-refractivity contribution in [1.29, 1.82) is 0 Å². The zero-order valence-corrected chi connectivity index (χ0v) is 12.6. The normalized spacial score (nSPS) is 10.1. The Morgan fingerprint density at radius 1 is 0.870 bits per heavy atom. The summed E-state index contributed by atoms with van der Waals surface area (Å²) in [4.78, 5) is 25.6. The van der Waals surface area contributed by atoms with Crippen molar-refractivity contribution in [1.82, 2.24) is 10.9 Å². The molecule has 0 unspecified atom stereocenters. The maximum atomic E-state index is 13.1. The summed E-state index contributed by atoms with van der Waals surface area (Å²) in [7, 11) is 3.67. The van der Waals surface area contributed by atoms with Gasteiger partial charge in [0.2, 0.25) is 0 Å². The lowest BCUT2D eigenvalue weighted by Crippen LogP contribution is -2.41. The Labute approximate surface area is 131 Å². The first-order chi connectivity index (χ1) is 10.9. The van der Waals surface area contributed by atoms with Gasteiger partial charge in [-0.15, -0.1) is 0 Å². The Morgan fingerprint density at radius 3 is 2.04 bits per heavy atom. The number of hydrogen-bond donors (Lipinski definition) is 2. The highest BCUT2D eigenvalue weighted by Crippen LogP contribution is 2.13. The number of carbonyl (C=O) groups excluding carboxylic acids is 2. The first-order valence-electron chi connectivity index (χ1n) is 6.71. The molecule has 0 aliphatic rings. The fourth-order valence-corrected chi connectivity index (χ4v) is 1.82.